The van der Waals surface area contributed by atoms with Gasteiger partial charge >= 0.3 is 5.97 Å². The topological polar surface area (TPSA) is 55.9 Å². The second-order valence-electron chi connectivity index (χ2n) is 6.86. The average molecular weight is 296 g/mol. The van der Waals surface area contributed by atoms with Crippen molar-refractivity contribution in [2.45, 2.75) is 83.3 Å². The van der Waals surface area contributed by atoms with Gasteiger partial charge in [0.15, 0.2) is 0 Å². The van der Waals surface area contributed by atoms with Crippen LogP contribution in [0.5, 0.6) is 0 Å². The summed E-state index contributed by atoms with van der Waals surface area (Å²) in [4.78, 5) is 23.3. The van der Waals surface area contributed by atoms with Crippen LogP contribution in [-0.4, -0.2) is 30.1 Å². The SMILES string of the molecule is CC1CCCC2(C)OC2CCOC(=O)CCCC(=O)CC1. The van der Waals surface area contributed by atoms with Crippen molar-refractivity contribution < 1.29 is 19.1 Å². The van der Waals surface area contributed by atoms with Crippen LogP contribution >= 0.6 is 0 Å². The van der Waals surface area contributed by atoms with E-state index in [4.69, 9.17) is 9.47 Å². The Balaban J connectivity index is 1.82. The zero-order valence-corrected chi connectivity index (χ0v) is 13.4. The first kappa shape index (κ1) is 16.5. The maximum atomic E-state index is 11.8. The monoisotopic (exact) mass is 296 g/mol. The molecule has 2 saturated heterocycles. The van der Waals surface area contributed by atoms with Gasteiger partial charge in [-0.3, -0.25) is 9.59 Å². The smallest absolute Gasteiger partial charge is 0.305 e. The zero-order chi connectivity index (χ0) is 15.3. The van der Waals surface area contributed by atoms with Gasteiger partial charge in [0.25, 0.3) is 0 Å². The van der Waals surface area contributed by atoms with Gasteiger partial charge in [0.1, 0.15) is 5.78 Å². The lowest BCUT2D eigenvalue weighted by atomic mass is 9.92. The number of carbonyl (C=O) groups excluding carboxylic acids is 2. The summed E-state index contributed by atoms with van der Waals surface area (Å²) in [5, 5.41) is 0. The molecule has 2 heterocycles. The van der Waals surface area contributed by atoms with Crippen LogP contribution in [0.3, 0.4) is 0 Å². The van der Waals surface area contributed by atoms with Gasteiger partial charge in [-0.25, -0.2) is 0 Å². The van der Waals surface area contributed by atoms with E-state index in [0.717, 1.165) is 32.1 Å². The molecule has 0 N–H and O–H groups in total. The molecule has 4 heteroatoms. The Hall–Kier alpha value is -0.900. The van der Waals surface area contributed by atoms with Gasteiger partial charge in [-0.05, 0) is 32.1 Å². The summed E-state index contributed by atoms with van der Waals surface area (Å²) < 4.78 is 11.0. The van der Waals surface area contributed by atoms with E-state index in [1.54, 1.807) is 0 Å². The highest BCUT2D eigenvalue weighted by Crippen LogP contribution is 2.42. The summed E-state index contributed by atoms with van der Waals surface area (Å²) in [6, 6.07) is 0. The van der Waals surface area contributed by atoms with E-state index in [0.29, 0.717) is 38.2 Å². The van der Waals surface area contributed by atoms with Crippen LogP contribution in [-0.2, 0) is 19.1 Å². The number of esters is 1. The van der Waals surface area contributed by atoms with Crippen molar-refractivity contribution >= 4 is 11.8 Å². The molecular formula is C17H28O4. The number of hydrogen-bond donors (Lipinski definition) is 0. The van der Waals surface area contributed by atoms with Crippen LogP contribution in [0.4, 0.5) is 0 Å². The molecule has 0 aromatic heterocycles. The average Bonchev–Trinajstić information content (AvgIpc) is 3.06. The van der Waals surface area contributed by atoms with Crippen molar-refractivity contribution in [1.82, 2.24) is 0 Å². The quantitative estimate of drug-likeness (QED) is 0.508. The predicted octanol–water partition coefficient (Wildman–Crippen LogP) is 3.42. The maximum absolute atomic E-state index is 11.8. The Morgan fingerprint density at radius 1 is 1.05 bits per heavy atom. The molecule has 0 radical (unpaired) electrons. The molecule has 2 aliphatic heterocycles. The molecule has 2 fully saturated rings. The number of ether oxygens (including phenoxy) is 2. The predicted molar refractivity (Wildman–Crippen MR) is 80.0 cm³/mol. The Kier molecular flexibility index (Phi) is 5.80. The summed E-state index contributed by atoms with van der Waals surface area (Å²) in [5.74, 6) is 0.678. The third-order valence-corrected chi connectivity index (χ3v) is 4.80. The molecule has 0 bridgehead atoms. The van der Waals surface area contributed by atoms with Crippen molar-refractivity contribution in [3.63, 3.8) is 0 Å². The summed E-state index contributed by atoms with van der Waals surface area (Å²) >= 11 is 0. The molecule has 0 spiro atoms. The van der Waals surface area contributed by atoms with Gasteiger partial charge < -0.3 is 9.47 Å². The first-order valence-corrected chi connectivity index (χ1v) is 8.35. The number of fused-ring (bicyclic) bond motifs is 1. The van der Waals surface area contributed by atoms with Crippen molar-refractivity contribution in [1.29, 1.82) is 0 Å². The van der Waals surface area contributed by atoms with Crippen molar-refractivity contribution in [3.05, 3.63) is 0 Å². The number of cyclic esters (lactones) is 1. The lowest BCUT2D eigenvalue weighted by Crippen LogP contribution is -2.14. The lowest BCUT2D eigenvalue weighted by Gasteiger charge is -2.13. The number of Topliss-reactive ketones (excluding diaryl/α,β-unsaturated/α-hetero) is 1. The van der Waals surface area contributed by atoms with Gasteiger partial charge in [-0.1, -0.05) is 19.8 Å². The Labute approximate surface area is 127 Å². The minimum atomic E-state index is -0.189. The van der Waals surface area contributed by atoms with Crippen molar-refractivity contribution in [3.8, 4) is 0 Å². The molecule has 0 aromatic carbocycles. The largest absolute Gasteiger partial charge is 0.466 e. The van der Waals surface area contributed by atoms with Crippen LogP contribution in [0.1, 0.15) is 71.6 Å². The molecule has 120 valence electrons. The van der Waals surface area contributed by atoms with E-state index < -0.39 is 0 Å². The van der Waals surface area contributed by atoms with Crippen LogP contribution in [0.2, 0.25) is 0 Å². The zero-order valence-electron chi connectivity index (χ0n) is 13.4. The van der Waals surface area contributed by atoms with Crippen LogP contribution < -0.4 is 0 Å². The second-order valence-corrected chi connectivity index (χ2v) is 6.86. The number of hydrogen-bond acceptors (Lipinski definition) is 4. The van der Waals surface area contributed by atoms with Crippen molar-refractivity contribution in [2.75, 3.05) is 6.61 Å². The molecule has 3 atom stereocenters. The minimum Gasteiger partial charge on any atom is -0.466 e. The molecule has 2 aliphatic rings. The molecule has 0 aliphatic carbocycles. The van der Waals surface area contributed by atoms with E-state index in [-0.39, 0.29) is 23.5 Å². The number of carbonyl (C=O) groups is 2. The van der Waals surface area contributed by atoms with Gasteiger partial charge in [0.2, 0.25) is 0 Å². The van der Waals surface area contributed by atoms with Gasteiger partial charge in [0.05, 0.1) is 18.3 Å². The van der Waals surface area contributed by atoms with Gasteiger partial charge in [-0.2, -0.15) is 0 Å². The Morgan fingerprint density at radius 2 is 1.86 bits per heavy atom. The van der Waals surface area contributed by atoms with Crippen molar-refractivity contribution in [2.24, 2.45) is 5.92 Å². The first-order valence-electron chi connectivity index (χ1n) is 8.35. The summed E-state index contributed by atoms with van der Waals surface area (Å²) in [6.07, 6.45) is 7.47. The lowest BCUT2D eigenvalue weighted by molar-refractivity contribution is -0.144. The van der Waals surface area contributed by atoms with Gasteiger partial charge in [-0.15, -0.1) is 0 Å². The van der Waals surface area contributed by atoms with Crippen LogP contribution in [0.25, 0.3) is 0 Å². The van der Waals surface area contributed by atoms with E-state index in [9.17, 15) is 9.59 Å². The van der Waals surface area contributed by atoms with Crippen LogP contribution in [0, 0.1) is 5.92 Å². The van der Waals surface area contributed by atoms with E-state index in [2.05, 4.69) is 13.8 Å². The standard InChI is InChI=1S/C17H28O4/c1-13-5-4-11-17(2)15(21-17)10-12-20-16(19)7-3-6-14(18)9-8-13/h13,15H,3-12H2,1-2H3. The fraction of sp³-hybridized carbons (Fsp3) is 0.882. The van der Waals surface area contributed by atoms with E-state index in [1.165, 1.54) is 0 Å². The Morgan fingerprint density at radius 3 is 2.67 bits per heavy atom. The number of ketones is 1. The first-order chi connectivity index (χ1) is 9.99. The fourth-order valence-corrected chi connectivity index (χ4v) is 3.14. The Bertz CT molecular complexity index is 379. The molecule has 0 aromatic rings. The highest BCUT2D eigenvalue weighted by molar-refractivity contribution is 5.79. The van der Waals surface area contributed by atoms with E-state index >= 15 is 0 Å². The van der Waals surface area contributed by atoms with E-state index in [1.807, 2.05) is 0 Å². The van der Waals surface area contributed by atoms with Gasteiger partial charge in [0, 0.05) is 25.7 Å². The molecule has 0 amide bonds. The minimum absolute atomic E-state index is 0.0149. The normalized spacial score (nSPS) is 36.7. The summed E-state index contributed by atoms with van der Waals surface area (Å²) in [5.41, 5.74) is -0.0149. The fourth-order valence-electron chi connectivity index (χ4n) is 3.14. The number of epoxide rings is 1. The highest BCUT2D eigenvalue weighted by Gasteiger charge is 2.50. The highest BCUT2D eigenvalue weighted by atomic mass is 16.6. The molecule has 4 nitrogen and oxygen atoms in total. The summed E-state index contributed by atoms with van der Waals surface area (Å²) in [7, 11) is 0. The third-order valence-electron chi connectivity index (χ3n) is 4.80. The maximum Gasteiger partial charge on any atom is 0.305 e. The molecule has 3 unspecified atom stereocenters. The number of rotatable bonds is 0. The molecule has 0 saturated carbocycles. The summed E-state index contributed by atoms with van der Waals surface area (Å²) in [6.45, 7) is 4.81. The second kappa shape index (κ2) is 7.39. The van der Waals surface area contributed by atoms with Crippen LogP contribution in [0.15, 0.2) is 0 Å². The third kappa shape index (κ3) is 5.42. The molecular weight excluding hydrogens is 268 g/mol. The molecule has 2 rings (SSSR count). The molecule has 21 heavy (non-hydrogen) atoms.